The van der Waals surface area contributed by atoms with Gasteiger partial charge in [0.15, 0.2) is 0 Å². The third-order valence-corrected chi connectivity index (χ3v) is 5.42. The number of carbonyl (C=O) groups is 2. The Morgan fingerprint density at radius 3 is 2.56 bits per heavy atom. The second kappa shape index (κ2) is 8.99. The van der Waals surface area contributed by atoms with Gasteiger partial charge in [-0.1, -0.05) is 30.3 Å². The number of hydrogen-bond donors (Lipinski definition) is 2. The molecule has 0 aliphatic carbocycles. The van der Waals surface area contributed by atoms with E-state index < -0.39 is 0 Å². The Kier molecular flexibility index (Phi) is 6.45. The van der Waals surface area contributed by atoms with E-state index in [1.165, 1.54) is 5.56 Å². The van der Waals surface area contributed by atoms with Gasteiger partial charge in [-0.25, -0.2) is 0 Å². The van der Waals surface area contributed by atoms with Crippen LogP contribution in [-0.4, -0.2) is 49.4 Å². The third-order valence-electron chi connectivity index (χ3n) is 5.42. The van der Waals surface area contributed by atoms with Crippen LogP contribution in [0.5, 0.6) is 0 Å². The number of nitrogens with one attached hydrogen (secondary N) is 2. The number of likely N-dealkylation sites (tertiary alicyclic amines) is 1. The van der Waals surface area contributed by atoms with Crippen molar-refractivity contribution in [1.82, 2.24) is 15.5 Å². The van der Waals surface area contributed by atoms with Gasteiger partial charge in [0.2, 0.25) is 11.8 Å². The van der Waals surface area contributed by atoms with Gasteiger partial charge in [-0.15, -0.1) is 0 Å². The SMILES string of the molecule is O=C(NCC(=O)N1CCC(Cc2ccccc2)CC1)C1CCCNC1. The molecule has 3 rings (SSSR count). The second-order valence-corrected chi connectivity index (χ2v) is 7.27. The van der Waals surface area contributed by atoms with Gasteiger partial charge >= 0.3 is 0 Å². The zero-order valence-electron chi connectivity index (χ0n) is 14.9. The van der Waals surface area contributed by atoms with Crippen LogP contribution in [0.1, 0.15) is 31.2 Å². The Balaban J connectivity index is 1.37. The lowest BCUT2D eigenvalue weighted by atomic mass is 9.90. The standard InChI is InChI=1S/C20H29N3O2/c24-19(15-22-20(25)18-7-4-10-21-14-18)23-11-8-17(9-12-23)13-16-5-2-1-3-6-16/h1-3,5-6,17-18,21H,4,7-15H2,(H,22,25). The van der Waals surface area contributed by atoms with Crippen LogP contribution in [0, 0.1) is 11.8 Å². The highest BCUT2D eigenvalue weighted by atomic mass is 16.2. The Morgan fingerprint density at radius 1 is 1.12 bits per heavy atom. The number of hydrogen-bond acceptors (Lipinski definition) is 3. The van der Waals surface area contributed by atoms with E-state index in [0.717, 1.165) is 58.3 Å². The topological polar surface area (TPSA) is 61.4 Å². The highest BCUT2D eigenvalue weighted by Crippen LogP contribution is 2.21. The van der Waals surface area contributed by atoms with E-state index in [1.807, 2.05) is 11.0 Å². The summed E-state index contributed by atoms with van der Waals surface area (Å²) in [5.41, 5.74) is 1.38. The van der Waals surface area contributed by atoms with Crippen LogP contribution in [-0.2, 0) is 16.0 Å². The molecule has 2 aliphatic rings. The molecule has 5 nitrogen and oxygen atoms in total. The lowest BCUT2D eigenvalue weighted by molar-refractivity contribution is -0.135. The van der Waals surface area contributed by atoms with E-state index in [2.05, 4.69) is 34.9 Å². The molecule has 2 N–H and O–H groups in total. The Hall–Kier alpha value is -1.88. The van der Waals surface area contributed by atoms with Crippen molar-refractivity contribution < 1.29 is 9.59 Å². The van der Waals surface area contributed by atoms with E-state index in [1.54, 1.807) is 0 Å². The van der Waals surface area contributed by atoms with Crippen molar-refractivity contribution in [2.24, 2.45) is 11.8 Å². The Morgan fingerprint density at radius 2 is 1.88 bits per heavy atom. The fourth-order valence-electron chi connectivity index (χ4n) is 3.83. The van der Waals surface area contributed by atoms with Gasteiger partial charge < -0.3 is 15.5 Å². The van der Waals surface area contributed by atoms with Crippen molar-refractivity contribution in [2.45, 2.75) is 32.1 Å². The van der Waals surface area contributed by atoms with Crippen LogP contribution in [0.25, 0.3) is 0 Å². The number of benzene rings is 1. The van der Waals surface area contributed by atoms with Gasteiger partial charge in [-0.3, -0.25) is 9.59 Å². The van der Waals surface area contributed by atoms with E-state index in [9.17, 15) is 9.59 Å². The van der Waals surface area contributed by atoms with Crippen LogP contribution in [0.4, 0.5) is 0 Å². The molecule has 0 spiro atoms. The summed E-state index contributed by atoms with van der Waals surface area (Å²) in [5, 5.41) is 6.07. The first-order chi connectivity index (χ1) is 12.2. The van der Waals surface area contributed by atoms with Crippen molar-refractivity contribution in [1.29, 1.82) is 0 Å². The fraction of sp³-hybridized carbons (Fsp3) is 0.600. The van der Waals surface area contributed by atoms with Crippen molar-refractivity contribution in [3.8, 4) is 0 Å². The molecule has 2 aliphatic heterocycles. The molecule has 0 radical (unpaired) electrons. The van der Waals surface area contributed by atoms with Gasteiger partial charge in [-0.2, -0.15) is 0 Å². The molecule has 0 bridgehead atoms. The number of rotatable bonds is 5. The number of carbonyl (C=O) groups excluding carboxylic acids is 2. The molecule has 1 unspecified atom stereocenters. The lowest BCUT2D eigenvalue weighted by Gasteiger charge is -2.32. The molecule has 5 heteroatoms. The van der Waals surface area contributed by atoms with Crippen molar-refractivity contribution >= 4 is 11.8 Å². The maximum absolute atomic E-state index is 12.3. The predicted octanol–water partition coefficient (Wildman–Crippen LogP) is 1.58. The predicted molar refractivity (Wildman–Crippen MR) is 98.1 cm³/mol. The lowest BCUT2D eigenvalue weighted by Crippen LogP contribution is -2.47. The highest BCUT2D eigenvalue weighted by molar-refractivity contribution is 5.86. The minimum absolute atomic E-state index is 0.0122. The van der Waals surface area contributed by atoms with Crippen LogP contribution in [0.3, 0.4) is 0 Å². The Bertz CT molecular complexity index is 562. The molecule has 136 valence electrons. The first-order valence-corrected chi connectivity index (χ1v) is 9.52. The quantitative estimate of drug-likeness (QED) is 0.853. The summed E-state index contributed by atoms with van der Waals surface area (Å²) in [6, 6.07) is 10.6. The Labute approximate surface area is 150 Å². The molecule has 0 aromatic heterocycles. The molecule has 2 amide bonds. The van der Waals surface area contributed by atoms with Crippen molar-refractivity contribution in [3.63, 3.8) is 0 Å². The van der Waals surface area contributed by atoms with Gasteiger partial charge in [0.25, 0.3) is 0 Å². The summed E-state index contributed by atoms with van der Waals surface area (Å²) in [4.78, 5) is 26.4. The van der Waals surface area contributed by atoms with E-state index in [0.29, 0.717) is 5.92 Å². The van der Waals surface area contributed by atoms with Gasteiger partial charge in [0.1, 0.15) is 0 Å². The molecular weight excluding hydrogens is 314 g/mol. The normalized spacial score (nSPS) is 21.8. The average molecular weight is 343 g/mol. The minimum Gasteiger partial charge on any atom is -0.347 e. The summed E-state index contributed by atoms with van der Waals surface area (Å²) >= 11 is 0. The maximum Gasteiger partial charge on any atom is 0.241 e. The molecule has 25 heavy (non-hydrogen) atoms. The highest BCUT2D eigenvalue weighted by Gasteiger charge is 2.25. The average Bonchev–Trinajstić information content (AvgIpc) is 2.68. The molecule has 2 saturated heterocycles. The molecule has 0 saturated carbocycles. The number of nitrogens with zero attached hydrogens (tertiary/aromatic N) is 1. The summed E-state index contributed by atoms with van der Waals surface area (Å²) < 4.78 is 0. The summed E-state index contributed by atoms with van der Waals surface area (Å²) in [6.45, 7) is 3.46. The summed E-state index contributed by atoms with van der Waals surface area (Å²) in [6.07, 6.45) is 5.12. The van der Waals surface area contributed by atoms with Crippen LogP contribution in [0.2, 0.25) is 0 Å². The van der Waals surface area contributed by atoms with E-state index in [4.69, 9.17) is 0 Å². The molecule has 2 heterocycles. The molecular formula is C20H29N3O2. The van der Waals surface area contributed by atoms with Crippen LogP contribution < -0.4 is 10.6 Å². The van der Waals surface area contributed by atoms with Gasteiger partial charge in [-0.05, 0) is 50.1 Å². The monoisotopic (exact) mass is 343 g/mol. The number of amides is 2. The molecule has 2 fully saturated rings. The molecule has 1 atom stereocenters. The zero-order chi connectivity index (χ0) is 17.5. The van der Waals surface area contributed by atoms with Gasteiger partial charge in [0, 0.05) is 19.6 Å². The smallest absolute Gasteiger partial charge is 0.241 e. The number of piperidine rings is 2. The first-order valence-electron chi connectivity index (χ1n) is 9.52. The van der Waals surface area contributed by atoms with Gasteiger partial charge in [0.05, 0.1) is 12.5 Å². The maximum atomic E-state index is 12.3. The van der Waals surface area contributed by atoms with E-state index >= 15 is 0 Å². The fourth-order valence-corrected chi connectivity index (χ4v) is 3.83. The van der Waals surface area contributed by atoms with Crippen molar-refractivity contribution in [2.75, 3.05) is 32.7 Å². The third kappa shape index (κ3) is 5.30. The first kappa shape index (κ1) is 17.9. The largest absolute Gasteiger partial charge is 0.347 e. The molecule has 1 aromatic rings. The molecule has 1 aromatic carbocycles. The zero-order valence-corrected chi connectivity index (χ0v) is 14.9. The van der Waals surface area contributed by atoms with Crippen molar-refractivity contribution in [3.05, 3.63) is 35.9 Å². The van der Waals surface area contributed by atoms with E-state index in [-0.39, 0.29) is 24.3 Å². The minimum atomic E-state index is 0.0122. The van der Waals surface area contributed by atoms with Crippen LogP contribution >= 0.6 is 0 Å². The summed E-state index contributed by atoms with van der Waals surface area (Å²) in [5.74, 6) is 0.724. The summed E-state index contributed by atoms with van der Waals surface area (Å²) in [7, 11) is 0. The van der Waals surface area contributed by atoms with Crippen LogP contribution in [0.15, 0.2) is 30.3 Å². The second-order valence-electron chi connectivity index (χ2n) is 7.27.